The summed E-state index contributed by atoms with van der Waals surface area (Å²) in [5.41, 5.74) is 3.29. The number of unbranched alkanes of at least 4 members (excludes halogenated alkanes) is 1. The van der Waals surface area contributed by atoms with Crippen molar-refractivity contribution in [3.8, 4) is 0 Å². The van der Waals surface area contributed by atoms with E-state index in [1.54, 1.807) is 29.4 Å². The van der Waals surface area contributed by atoms with Crippen LogP contribution in [-0.2, 0) is 11.8 Å². The zero-order chi connectivity index (χ0) is 24.6. The van der Waals surface area contributed by atoms with Gasteiger partial charge in [-0.25, -0.2) is 4.98 Å². The Kier molecular flexibility index (Phi) is 8.77. The van der Waals surface area contributed by atoms with Gasteiger partial charge in [-0.05, 0) is 30.9 Å². The smallest absolute Gasteiger partial charge is 0.254 e. The van der Waals surface area contributed by atoms with Crippen LogP contribution in [0.15, 0.2) is 76.7 Å². The quantitative estimate of drug-likeness (QED) is 0.255. The van der Waals surface area contributed by atoms with Crippen molar-refractivity contribution in [2.24, 2.45) is 7.05 Å². The lowest BCUT2D eigenvalue weighted by Gasteiger charge is -2.40. The molecule has 0 saturated carbocycles. The number of thioether (sulfide) groups is 1. The maximum Gasteiger partial charge on any atom is 0.254 e. The first kappa shape index (κ1) is 25.2. The third-order valence-electron chi connectivity index (χ3n) is 6.50. The molecule has 3 aromatic rings. The molecule has 2 aromatic carbocycles. The summed E-state index contributed by atoms with van der Waals surface area (Å²) in [4.78, 5) is 33.7. The molecule has 184 valence electrons. The maximum absolute atomic E-state index is 12.8. The number of carbonyl (C=O) groups is 1. The van der Waals surface area contributed by atoms with E-state index in [1.165, 1.54) is 11.1 Å². The van der Waals surface area contributed by atoms with E-state index in [0.717, 1.165) is 55.6 Å². The molecule has 0 aliphatic carbocycles. The van der Waals surface area contributed by atoms with Crippen molar-refractivity contribution in [2.75, 3.05) is 31.9 Å². The average molecular weight is 491 g/mol. The molecule has 1 saturated heterocycles. The first-order valence-corrected chi connectivity index (χ1v) is 13.3. The van der Waals surface area contributed by atoms with Crippen molar-refractivity contribution in [1.29, 1.82) is 0 Å². The molecule has 1 amide bonds. The van der Waals surface area contributed by atoms with Crippen molar-refractivity contribution >= 4 is 17.7 Å². The van der Waals surface area contributed by atoms with Crippen LogP contribution in [0.5, 0.6) is 0 Å². The Hall–Kier alpha value is -2.90. The second kappa shape index (κ2) is 12.2. The van der Waals surface area contributed by atoms with Crippen LogP contribution in [0.1, 0.15) is 42.1 Å². The number of aryl methyl sites for hydroxylation is 1. The van der Waals surface area contributed by atoms with Gasteiger partial charge < -0.3 is 4.90 Å². The molecule has 1 aliphatic heterocycles. The number of benzene rings is 2. The Balaban J connectivity index is 1.25. The summed E-state index contributed by atoms with van der Waals surface area (Å²) in [5, 5.41) is 0.740. The number of aromatic nitrogens is 2. The monoisotopic (exact) mass is 490 g/mol. The van der Waals surface area contributed by atoms with Crippen LogP contribution in [0.3, 0.4) is 0 Å². The molecule has 0 radical (unpaired) electrons. The highest BCUT2D eigenvalue weighted by Gasteiger charge is 2.27. The lowest BCUT2D eigenvalue weighted by molar-refractivity contribution is -0.133. The Morgan fingerprint density at radius 2 is 1.54 bits per heavy atom. The predicted octanol–water partition coefficient (Wildman–Crippen LogP) is 4.28. The Morgan fingerprint density at radius 3 is 2.14 bits per heavy atom. The standard InChI is InChI=1S/C28H34N4O2S/c1-22-21-26(34)30(2)28(29-22)35-20-10-9-15-25(33)31-16-18-32(19-17-31)27(23-11-5-3-6-12-23)24-13-7-4-8-14-24/h3-8,11-14,21,27H,9-10,15-20H2,1-2H3. The molecule has 2 heterocycles. The van der Waals surface area contributed by atoms with E-state index in [2.05, 4.69) is 70.5 Å². The first-order chi connectivity index (χ1) is 17.0. The topological polar surface area (TPSA) is 58.4 Å². The molecular formula is C28H34N4O2S. The van der Waals surface area contributed by atoms with E-state index in [9.17, 15) is 9.59 Å². The van der Waals surface area contributed by atoms with Gasteiger partial charge in [0.1, 0.15) is 0 Å². The number of hydrogen-bond donors (Lipinski definition) is 0. The van der Waals surface area contributed by atoms with Crippen LogP contribution < -0.4 is 5.56 Å². The molecule has 0 spiro atoms. The SMILES string of the molecule is Cc1cc(=O)n(C)c(SCCCCC(=O)N2CCN(C(c3ccccc3)c3ccccc3)CC2)n1. The number of rotatable bonds is 9. The lowest BCUT2D eigenvalue weighted by atomic mass is 9.96. The van der Waals surface area contributed by atoms with Crippen LogP contribution >= 0.6 is 11.8 Å². The zero-order valence-electron chi connectivity index (χ0n) is 20.6. The molecule has 0 bridgehead atoms. The second-order valence-electron chi connectivity index (χ2n) is 9.02. The van der Waals surface area contributed by atoms with Crippen molar-refractivity contribution < 1.29 is 4.79 Å². The van der Waals surface area contributed by atoms with E-state index >= 15 is 0 Å². The molecular weight excluding hydrogens is 456 g/mol. The summed E-state index contributed by atoms with van der Waals surface area (Å²) in [6.07, 6.45) is 2.34. The van der Waals surface area contributed by atoms with Gasteiger partial charge in [0.25, 0.3) is 5.56 Å². The van der Waals surface area contributed by atoms with Crippen LogP contribution in [-0.4, -0.2) is 57.2 Å². The minimum absolute atomic E-state index is 0.0314. The molecule has 0 N–H and O–H groups in total. The van der Waals surface area contributed by atoms with E-state index < -0.39 is 0 Å². The lowest BCUT2D eigenvalue weighted by Crippen LogP contribution is -2.49. The fourth-order valence-corrected chi connectivity index (χ4v) is 5.59. The molecule has 1 aromatic heterocycles. The summed E-state index contributed by atoms with van der Waals surface area (Å²) in [6.45, 7) is 5.09. The predicted molar refractivity (Wildman–Crippen MR) is 142 cm³/mol. The molecule has 1 aliphatic rings. The Bertz CT molecular complexity index is 1120. The Morgan fingerprint density at radius 1 is 0.943 bits per heavy atom. The minimum Gasteiger partial charge on any atom is -0.340 e. The molecule has 7 heteroatoms. The average Bonchev–Trinajstić information content (AvgIpc) is 2.88. The van der Waals surface area contributed by atoms with Crippen molar-refractivity contribution in [3.05, 3.63) is 93.9 Å². The summed E-state index contributed by atoms with van der Waals surface area (Å²) in [7, 11) is 1.75. The van der Waals surface area contributed by atoms with Gasteiger partial charge in [-0.15, -0.1) is 0 Å². The highest BCUT2D eigenvalue weighted by molar-refractivity contribution is 7.99. The molecule has 1 fully saturated rings. The van der Waals surface area contributed by atoms with E-state index in [-0.39, 0.29) is 17.5 Å². The van der Waals surface area contributed by atoms with Crippen molar-refractivity contribution in [1.82, 2.24) is 19.4 Å². The van der Waals surface area contributed by atoms with Crippen LogP contribution in [0.2, 0.25) is 0 Å². The summed E-state index contributed by atoms with van der Waals surface area (Å²) in [5.74, 6) is 1.09. The highest BCUT2D eigenvalue weighted by atomic mass is 32.2. The fourth-order valence-electron chi connectivity index (χ4n) is 4.57. The Labute approximate surface area is 212 Å². The zero-order valence-corrected chi connectivity index (χ0v) is 21.4. The molecule has 4 rings (SSSR count). The molecule has 0 atom stereocenters. The van der Waals surface area contributed by atoms with Crippen molar-refractivity contribution in [3.63, 3.8) is 0 Å². The van der Waals surface area contributed by atoms with E-state index in [1.807, 2.05) is 11.8 Å². The van der Waals surface area contributed by atoms with Crippen LogP contribution in [0.4, 0.5) is 0 Å². The third-order valence-corrected chi connectivity index (χ3v) is 7.62. The van der Waals surface area contributed by atoms with Crippen LogP contribution in [0.25, 0.3) is 0 Å². The van der Waals surface area contributed by atoms with Gasteiger partial charge in [0, 0.05) is 57.2 Å². The third kappa shape index (κ3) is 6.61. The molecule has 0 unspecified atom stereocenters. The largest absolute Gasteiger partial charge is 0.340 e. The van der Waals surface area contributed by atoms with E-state index in [0.29, 0.717) is 6.42 Å². The number of carbonyl (C=O) groups excluding carboxylic acids is 1. The van der Waals surface area contributed by atoms with Gasteiger partial charge in [-0.2, -0.15) is 0 Å². The maximum atomic E-state index is 12.8. The summed E-state index contributed by atoms with van der Waals surface area (Å²) in [6, 6.07) is 23.0. The number of nitrogens with zero attached hydrogens (tertiary/aromatic N) is 4. The van der Waals surface area contributed by atoms with E-state index in [4.69, 9.17) is 0 Å². The number of hydrogen-bond acceptors (Lipinski definition) is 5. The van der Waals surface area contributed by atoms with Gasteiger partial charge in [0.05, 0.1) is 6.04 Å². The summed E-state index contributed by atoms with van der Waals surface area (Å²) < 4.78 is 1.58. The normalized spacial score (nSPS) is 14.4. The highest BCUT2D eigenvalue weighted by Crippen LogP contribution is 2.29. The van der Waals surface area contributed by atoms with Gasteiger partial charge in [0.15, 0.2) is 5.16 Å². The van der Waals surface area contributed by atoms with Gasteiger partial charge in [0.2, 0.25) is 5.91 Å². The van der Waals surface area contributed by atoms with Gasteiger partial charge in [-0.3, -0.25) is 19.1 Å². The second-order valence-corrected chi connectivity index (χ2v) is 10.1. The fraction of sp³-hybridized carbons (Fsp3) is 0.393. The summed E-state index contributed by atoms with van der Waals surface area (Å²) >= 11 is 1.58. The van der Waals surface area contributed by atoms with Gasteiger partial charge >= 0.3 is 0 Å². The molecule has 35 heavy (non-hydrogen) atoms. The first-order valence-electron chi connectivity index (χ1n) is 12.3. The molecule has 6 nitrogen and oxygen atoms in total. The van der Waals surface area contributed by atoms with Crippen LogP contribution in [0, 0.1) is 6.92 Å². The number of amides is 1. The van der Waals surface area contributed by atoms with Crippen molar-refractivity contribution in [2.45, 2.75) is 37.4 Å². The van der Waals surface area contributed by atoms with Gasteiger partial charge in [-0.1, -0.05) is 72.4 Å². The number of piperazine rings is 1. The minimum atomic E-state index is -0.0314.